The van der Waals surface area contributed by atoms with Crippen LogP contribution in [0.25, 0.3) is 11.3 Å². The summed E-state index contributed by atoms with van der Waals surface area (Å²) in [5.41, 5.74) is 5.17. The van der Waals surface area contributed by atoms with E-state index in [0.29, 0.717) is 37.3 Å². The molecule has 3 nitrogen and oxygen atoms in total. The lowest BCUT2D eigenvalue weighted by atomic mass is 10.1. The molecule has 7 heteroatoms. The third kappa shape index (κ3) is 4.31. The number of hydrogen-bond acceptors (Lipinski definition) is 3. The molecule has 0 saturated carbocycles. The van der Waals surface area contributed by atoms with Crippen molar-refractivity contribution in [2.45, 2.75) is 6.92 Å². The highest BCUT2D eigenvalue weighted by Crippen LogP contribution is 2.33. The number of aryl methyl sites for hydroxylation is 1. The molecule has 0 unspecified atom stereocenters. The SMILES string of the molecule is Cc1ccc(-c2ccc(C=NNc3c(Cl)cc(Cl)cc3Cl)o2)cc1Cl. The Bertz CT molecular complexity index is 927. The maximum Gasteiger partial charge on any atom is 0.147 e. The van der Waals surface area contributed by atoms with E-state index in [1.807, 2.05) is 31.2 Å². The highest BCUT2D eigenvalue weighted by molar-refractivity contribution is 6.41. The molecule has 1 aromatic heterocycles. The number of hydrogen-bond donors (Lipinski definition) is 1. The van der Waals surface area contributed by atoms with Crippen molar-refractivity contribution in [2.75, 3.05) is 5.43 Å². The minimum Gasteiger partial charge on any atom is -0.455 e. The Balaban J connectivity index is 1.75. The van der Waals surface area contributed by atoms with Crippen LogP contribution in [0.2, 0.25) is 20.1 Å². The minimum atomic E-state index is 0.379. The van der Waals surface area contributed by atoms with Crippen LogP contribution in [0.5, 0.6) is 0 Å². The first kappa shape index (κ1) is 18.2. The summed E-state index contributed by atoms with van der Waals surface area (Å²) >= 11 is 24.2. The molecule has 3 rings (SSSR count). The smallest absolute Gasteiger partial charge is 0.147 e. The number of rotatable bonds is 4. The van der Waals surface area contributed by atoms with E-state index in [4.69, 9.17) is 50.8 Å². The number of hydrazone groups is 1. The minimum absolute atomic E-state index is 0.379. The van der Waals surface area contributed by atoms with Crippen molar-refractivity contribution in [3.05, 3.63) is 73.9 Å². The van der Waals surface area contributed by atoms with E-state index in [1.165, 1.54) is 6.21 Å². The Labute approximate surface area is 165 Å². The molecule has 2 aromatic carbocycles. The summed E-state index contributed by atoms with van der Waals surface area (Å²) in [5, 5.41) is 6.00. The van der Waals surface area contributed by atoms with Crippen LogP contribution in [0.4, 0.5) is 5.69 Å². The van der Waals surface area contributed by atoms with Crippen molar-refractivity contribution < 1.29 is 4.42 Å². The molecule has 128 valence electrons. The largest absolute Gasteiger partial charge is 0.455 e. The molecular weight excluding hydrogens is 402 g/mol. The van der Waals surface area contributed by atoms with E-state index in [2.05, 4.69) is 10.5 Å². The van der Waals surface area contributed by atoms with Crippen molar-refractivity contribution in [1.82, 2.24) is 0 Å². The van der Waals surface area contributed by atoms with Gasteiger partial charge in [-0.25, -0.2) is 0 Å². The molecule has 0 saturated heterocycles. The van der Waals surface area contributed by atoms with Gasteiger partial charge in [-0.05, 0) is 42.8 Å². The number of nitrogens with zero attached hydrogens (tertiary/aromatic N) is 1. The molecule has 1 N–H and O–H groups in total. The molecule has 1 heterocycles. The Morgan fingerprint density at radius 2 is 1.64 bits per heavy atom. The van der Waals surface area contributed by atoms with Gasteiger partial charge in [-0.3, -0.25) is 5.43 Å². The van der Waals surface area contributed by atoms with Crippen molar-refractivity contribution in [1.29, 1.82) is 0 Å². The van der Waals surface area contributed by atoms with Crippen molar-refractivity contribution in [2.24, 2.45) is 5.10 Å². The summed E-state index contributed by atoms with van der Waals surface area (Å²) in [6.45, 7) is 1.95. The summed E-state index contributed by atoms with van der Waals surface area (Å²) in [7, 11) is 0. The van der Waals surface area contributed by atoms with Gasteiger partial charge in [0.25, 0.3) is 0 Å². The average Bonchev–Trinajstić information content (AvgIpc) is 3.01. The van der Waals surface area contributed by atoms with Crippen molar-refractivity contribution in [3.63, 3.8) is 0 Å². The second-order valence-corrected chi connectivity index (χ2v) is 6.94. The molecule has 0 spiro atoms. The van der Waals surface area contributed by atoms with Gasteiger partial charge in [0.1, 0.15) is 11.5 Å². The Kier molecular flexibility index (Phi) is 5.60. The van der Waals surface area contributed by atoms with Crippen LogP contribution in [0.1, 0.15) is 11.3 Å². The van der Waals surface area contributed by atoms with E-state index in [1.54, 1.807) is 18.2 Å². The van der Waals surface area contributed by atoms with Crippen LogP contribution in [-0.2, 0) is 0 Å². The average molecular weight is 414 g/mol. The number of benzene rings is 2. The maximum absolute atomic E-state index is 6.15. The lowest BCUT2D eigenvalue weighted by Gasteiger charge is -2.06. The third-order valence-electron chi connectivity index (χ3n) is 3.46. The van der Waals surface area contributed by atoms with Gasteiger partial charge in [0, 0.05) is 15.6 Å². The molecule has 0 aliphatic rings. The second kappa shape index (κ2) is 7.71. The molecule has 25 heavy (non-hydrogen) atoms. The van der Waals surface area contributed by atoms with Gasteiger partial charge in [-0.15, -0.1) is 0 Å². The van der Waals surface area contributed by atoms with Gasteiger partial charge < -0.3 is 4.42 Å². The first-order chi connectivity index (χ1) is 11.9. The summed E-state index contributed by atoms with van der Waals surface area (Å²) < 4.78 is 5.75. The first-order valence-corrected chi connectivity index (χ1v) is 8.75. The summed E-state index contributed by atoms with van der Waals surface area (Å²) in [5.74, 6) is 1.27. The molecule has 0 bridgehead atoms. The Hall–Kier alpha value is -1.65. The van der Waals surface area contributed by atoms with Crippen LogP contribution in [0.3, 0.4) is 0 Å². The highest BCUT2D eigenvalue weighted by Gasteiger charge is 2.08. The zero-order valence-corrected chi connectivity index (χ0v) is 16.0. The van der Waals surface area contributed by atoms with Gasteiger partial charge in [0.15, 0.2) is 0 Å². The maximum atomic E-state index is 6.15. The third-order valence-corrected chi connectivity index (χ3v) is 4.68. The predicted octanol–water partition coefficient (Wildman–Crippen LogP) is 7.31. The van der Waals surface area contributed by atoms with Crippen LogP contribution >= 0.6 is 46.4 Å². The first-order valence-electron chi connectivity index (χ1n) is 7.24. The normalized spacial score (nSPS) is 11.2. The standard InChI is InChI=1S/C18H12Cl4N2O/c1-10-2-3-11(6-14(10)20)17-5-4-13(25-17)9-23-24-18-15(21)7-12(19)8-16(18)22/h2-9,24H,1H3. The summed E-state index contributed by atoms with van der Waals surface area (Å²) in [4.78, 5) is 0. The quantitative estimate of drug-likeness (QED) is 0.359. The number of furan rings is 1. The molecule has 0 atom stereocenters. The molecule has 0 radical (unpaired) electrons. The van der Waals surface area contributed by atoms with Gasteiger partial charge >= 0.3 is 0 Å². The van der Waals surface area contributed by atoms with E-state index in [0.717, 1.165) is 11.1 Å². The van der Waals surface area contributed by atoms with Gasteiger partial charge in [-0.2, -0.15) is 5.10 Å². The summed E-state index contributed by atoms with van der Waals surface area (Å²) in [6, 6.07) is 12.6. The molecule has 0 fully saturated rings. The molecule has 0 aliphatic carbocycles. The number of anilines is 1. The van der Waals surface area contributed by atoms with E-state index in [9.17, 15) is 0 Å². The molecular formula is C18H12Cl4N2O. The second-order valence-electron chi connectivity index (χ2n) is 5.28. The van der Waals surface area contributed by atoms with Gasteiger partial charge in [0.05, 0.1) is 21.9 Å². The fraction of sp³-hybridized carbons (Fsp3) is 0.0556. The van der Waals surface area contributed by atoms with Crippen molar-refractivity contribution in [3.8, 4) is 11.3 Å². The van der Waals surface area contributed by atoms with Gasteiger partial charge in [-0.1, -0.05) is 58.5 Å². The summed E-state index contributed by atoms with van der Waals surface area (Å²) in [6.07, 6.45) is 1.53. The highest BCUT2D eigenvalue weighted by atomic mass is 35.5. The monoisotopic (exact) mass is 412 g/mol. The fourth-order valence-electron chi connectivity index (χ4n) is 2.13. The molecule has 0 aliphatic heterocycles. The van der Waals surface area contributed by atoms with Crippen LogP contribution < -0.4 is 5.43 Å². The van der Waals surface area contributed by atoms with Gasteiger partial charge in [0.2, 0.25) is 0 Å². The van der Waals surface area contributed by atoms with Crippen molar-refractivity contribution >= 4 is 58.3 Å². The lowest BCUT2D eigenvalue weighted by Crippen LogP contribution is -1.92. The Morgan fingerprint density at radius 3 is 2.32 bits per heavy atom. The van der Waals surface area contributed by atoms with E-state index in [-0.39, 0.29) is 0 Å². The fourth-order valence-corrected chi connectivity index (χ4v) is 3.21. The van der Waals surface area contributed by atoms with Crippen LogP contribution in [-0.4, -0.2) is 6.21 Å². The zero-order valence-electron chi connectivity index (χ0n) is 13.0. The Morgan fingerprint density at radius 1 is 0.920 bits per heavy atom. The van der Waals surface area contributed by atoms with E-state index >= 15 is 0 Å². The number of nitrogens with one attached hydrogen (secondary N) is 1. The predicted molar refractivity (Wildman–Crippen MR) is 107 cm³/mol. The lowest BCUT2D eigenvalue weighted by molar-refractivity contribution is 0.575. The van der Waals surface area contributed by atoms with Crippen LogP contribution in [0, 0.1) is 6.92 Å². The molecule has 3 aromatic rings. The van der Waals surface area contributed by atoms with E-state index < -0.39 is 0 Å². The molecule has 0 amide bonds. The zero-order chi connectivity index (χ0) is 18.0. The topological polar surface area (TPSA) is 37.5 Å². The number of halogens is 4. The van der Waals surface area contributed by atoms with Crippen LogP contribution in [0.15, 0.2) is 52.0 Å².